The Bertz CT molecular complexity index is 320. The molecular weight excluding hydrogens is 264 g/mol. The third-order valence-electron chi connectivity index (χ3n) is 3.08. The van der Waals surface area contributed by atoms with E-state index in [1.54, 1.807) is 4.90 Å². The van der Waals surface area contributed by atoms with Gasteiger partial charge in [0.15, 0.2) is 0 Å². The van der Waals surface area contributed by atoms with Crippen molar-refractivity contribution in [2.75, 3.05) is 31.1 Å². The molecule has 0 unspecified atom stereocenters. The zero-order chi connectivity index (χ0) is 14.5. The van der Waals surface area contributed by atoms with Crippen molar-refractivity contribution in [1.82, 2.24) is 9.80 Å². The Balaban J connectivity index is 2.72. The van der Waals surface area contributed by atoms with Crippen LogP contribution >= 0.6 is 11.8 Å². The molecule has 1 fully saturated rings. The maximum absolute atomic E-state index is 12.6. The number of amides is 2. The van der Waals surface area contributed by atoms with E-state index >= 15 is 0 Å². The first kappa shape index (κ1) is 16.1. The first-order valence-corrected chi connectivity index (χ1v) is 7.84. The van der Waals surface area contributed by atoms with Crippen LogP contribution in [0.3, 0.4) is 0 Å². The summed E-state index contributed by atoms with van der Waals surface area (Å²) < 4.78 is 0. The Morgan fingerprint density at radius 3 is 2.53 bits per heavy atom. The fourth-order valence-electron chi connectivity index (χ4n) is 2.03. The molecule has 5 nitrogen and oxygen atoms in total. The molecule has 0 radical (unpaired) electrons. The molecule has 0 aromatic rings. The van der Waals surface area contributed by atoms with Crippen LogP contribution in [0.2, 0.25) is 0 Å². The van der Waals surface area contributed by atoms with Crippen LogP contribution in [-0.2, 0) is 4.79 Å². The van der Waals surface area contributed by atoms with Crippen LogP contribution in [0.1, 0.15) is 33.6 Å². The van der Waals surface area contributed by atoms with Crippen LogP contribution in [0, 0.1) is 0 Å². The first-order valence-electron chi connectivity index (χ1n) is 6.68. The number of nitrogens with zero attached hydrogens (tertiary/aromatic N) is 2. The van der Waals surface area contributed by atoms with E-state index in [1.807, 2.05) is 37.4 Å². The minimum Gasteiger partial charge on any atom is -0.481 e. The third-order valence-corrected chi connectivity index (χ3v) is 4.13. The van der Waals surface area contributed by atoms with Gasteiger partial charge in [-0.2, -0.15) is 11.8 Å². The van der Waals surface area contributed by atoms with Crippen LogP contribution in [0.15, 0.2) is 0 Å². The Hall–Kier alpha value is -0.910. The smallest absolute Gasteiger partial charge is 0.320 e. The zero-order valence-electron chi connectivity index (χ0n) is 12.0. The van der Waals surface area contributed by atoms with Crippen LogP contribution in [0.25, 0.3) is 0 Å². The van der Waals surface area contributed by atoms with Crippen molar-refractivity contribution in [2.45, 2.75) is 39.2 Å². The molecule has 1 saturated heterocycles. The van der Waals surface area contributed by atoms with Gasteiger partial charge in [-0.1, -0.05) is 0 Å². The van der Waals surface area contributed by atoms with Crippen LogP contribution in [0.4, 0.5) is 4.79 Å². The van der Waals surface area contributed by atoms with Gasteiger partial charge in [0, 0.05) is 30.9 Å². The van der Waals surface area contributed by atoms with E-state index in [2.05, 4.69) is 0 Å². The van der Waals surface area contributed by atoms with E-state index in [0.29, 0.717) is 0 Å². The number of carboxylic acids is 1. The number of rotatable bonds is 3. The van der Waals surface area contributed by atoms with Gasteiger partial charge in [-0.05, 0) is 32.9 Å². The van der Waals surface area contributed by atoms with Crippen LogP contribution < -0.4 is 0 Å². The standard InChI is InChI=1S/C13H24N2O3S/c1-13(2,3)15(7-5-11(16)17)12(18)14-6-4-9-19-10-8-14/h4-10H2,1-3H3,(H,16,17). The van der Waals surface area contributed by atoms with Crippen molar-refractivity contribution in [3.05, 3.63) is 0 Å². The fraction of sp³-hybridized carbons (Fsp3) is 0.846. The monoisotopic (exact) mass is 288 g/mol. The first-order chi connectivity index (χ1) is 8.82. The van der Waals surface area contributed by atoms with Crippen molar-refractivity contribution in [3.8, 4) is 0 Å². The van der Waals surface area contributed by atoms with Gasteiger partial charge in [0.1, 0.15) is 0 Å². The molecule has 19 heavy (non-hydrogen) atoms. The predicted octanol–water partition coefficient (Wildman–Crippen LogP) is 2.12. The van der Waals surface area contributed by atoms with Gasteiger partial charge in [0.05, 0.1) is 6.42 Å². The fourth-order valence-corrected chi connectivity index (χ4v) is 2.92. The molecule has 0 aromatic heterocycles. The maximum atomic E-state index is 12.6. The summed E-state index contributed by atoms with van der Waals surface area (Å²) in [4.78, 5) is 26.8. The lowest BCUT2D eigenvalue weighted by molar-refractivity contribution is -0.137. The molecule has 1 rings (SSSR count). The summed E-state index contributed by atoms with van der Waals surface area (Å²) in [6.45, 7) is 7.62. The van der Waals surface area contributed by atoms with E-state index in [4.69, 9.17) is 5.11 Å². The van der Waals surface area contributed by atoms with Gasteiger partial charge in [0.25, 0.3) is 0 Å². The number of thioether (sulfide) groups is 1. The molecule has 0 spiro atoms. The molecule has 0 aromatic carbocycles. The van der Waals surface area contributed by atoms with E-state index < -0.39 is 5.97 Å². The molecule has 110 valence electrons. The highest BCUT2D eigenvalue weighted by Crippen LogP contribution is 2.19. The summed E-state index contributed by atoms with van der Waals surface area (Å²) in [5.74, 6) is 1.19. The van der Waals surface area contributed by atoms with Crippen molar-refractivity contribution in [3.63, 3.8) is 0 Å². The number of hydrogen-bond acceptors (Lipinski definition) is 3. The molecule has 0 atom stereocenters. The zero-order valence-corrected chi connectivity index (χ0v) is 12.8. The van der Waals surface area contributed by atoms with E-state index in [-0.39, 0.29) is 24.5 Å². The molecule has 1 aliphatic rings. The van der Waals surface area contributed by atoms with Crippen molar-refractivity contribution in [1.29, 1.82) is 0 Å². The lowest BCUT2D eigenvalue weighted by Gasteiger charge is -2.39. The summed E-state index contributed by atoms with van der Waals surface area (Å²) in [6, 6.07) is -0.0312. The Labute approximate surface area is 119 Å². The molecular formula is C13H24N2O3S. The lowest BCUT2D eigenvalue weighted by atomic mass is 10.1. The number of urea groups is 1. The summed E-state index contributed by atoms with van der Waals surface area (Å²) in [5.41, 5.74) is -0.355. The highest BCUT2D eigenvalue weighted by molar-refractivity contribution is 7.99. The van der Waals surface area contributed by atoms with E-state index in [1.165, 1.54) is 0 Å². The number of hydrogen-bond donors (Lipinski definition) is 1. The largest absolute Gasteiger partial charge is 0.481 e. The maximum Gasteiger partial charge on any atom is 0.320 e. The van der Waals surface area contributed by atoms with Gasteiger partial charge in [-0.25, -0.2) is 4.79 Å². The van der Waals surface area contributed by atoms with Gasteiger partial charge in [-0.15, -0.1) is 0 Å². The highest BCUT2D eigenvalue weighted by atomic mass is 32.2. The quantitative estimate of drug-likeness (QED) is 0.864. The predicted molar refractivity (Wildman–Crippen MR) is 77.6 cm³/mol. The number of carbonyl (C=O) groups is 2. The number of carbonyl (C=O) groups excluding carboxylic acids is 1. The van der Waals surface area contributed by atoms with Crippen LogP contribution in [-0.4, -0.2) is 63.6 Å². The van der Waals surface area contributed by atoms with Gasteiger partial charge < -0.3 is 14.9 Å². The lowest BCUT2D eigenvalue weighted by Crippen LogP contribution is -2.53. The second-order valence-corrected chi connectivity index (χ2v) is 6.93. The molecule has 0 bridgehead atoms. The molecule has 0 saturated carbocycles. The summed E-state index contributed by atoms with van der Waals surface area (Å²) in [7, 11) is 0. The number of carboxylic acid groups (broad SMARTS) is 1. The molecule has 1 heterocycles. The molecule has 2 amide bonds. The second kappa shape index (κ2) is 7.03. The average Bonchev–Trinajstić information content (AvgIpc) is 2.55. The number of aliphatic carboxylic acids is 1. The minimum absolute atomic E-state index is 0.00833. The summed E-state index contributed by atoms with van der Waals surface area (Å²) in [6.07, 6.45) is 0.999. The van der Waals surface area contributed by atoms with Crippen molar-refractivity contribution < 1.29 is 14.7 Å². The minimum atomic E-state index is -0.867. The van der Waals surface area contributed by atoms with E-state index in [9.17, 15) is 9.59 Å². The van der Waals surface area contributed by atoms with Gasteiger partial charge in [0.2, 0.25) is 0 Å². The van der Waals surface area contributed by atoms with Crippen molar-refractivity contribution in [2.24, 2.45) is 0 Å². The molecule has 1 N–H and O–H groups in total. The van der Waals surface area contributed by atoms with Gasteiger partial charge in [-0.3, -0.25) is 4.79 Å². The van der Waals surface area contributed by atoms with Crippen LogP contribution in [0.5, 0.6) is 0 Å². The molecule has 6 heteroatoms. The Morgan fingerprint density at radius 1 is 1.26 bits per heavy atom. The summed E-state index contributed by atoms with van der Waals surface area (Å²) in [5, 5.41) is 8.81. The average molecular weight is 288 g/mol. The second-order valence-electron chi connectivity index (χ2n) is 5.70. The topological polar surface area (TPSA) is 60.9 Å². The molecule has 0 aliphatic carbocycles. The Kier molecular flexibility index (Phi) is 5.97. The van der Waals surface area contributed by atoms with Gasteiger partial charge >= 0.3 is 12.0 Å². The molecule has 1 aliphatic heterocycles. The van der Waals surface area contributed by atoms with E-state index in [0.717, 1.165) is 31.0 Å². The summed E-state index contributed by atoms with van der Waals surface area (Å²) >= 11 is 1.87. The Morgan fingerprint density at radius 2 is 1.95 bits per heavy atom. The van der Waals surface area contributed by atoms with Crippen molar-refractivity contribution >= 4 is 23.8 Å². The normalized spacial score (nSPS) is 16.9. The SMILES string of the molecule is CC(C)(C)N(CCC(=O)O)C(=O)N1CCCSCC1. The highest BCUT2D eigenvalue weighted by Gasteiger charge is 2.30. The third kappa shape index (κ3) is 5.30.